The van der Waals surface area contributed by atoms with Crippen LogP contribution in [0, 0.1) is 5.92 Å². The average molecular weight is 396 g/mol. The van der Waals surface area contributed by atoms with Crippen LogP contribution in [0.3, 0.4) is 0 Å². The summed E-state index contributed by atoms with van der Waals surface area (Å²) in [5, 5.41) is 13.9. The Kier molecular flexibility index (Phi) is 4.86. The van der Waals surface area contributed by atoms with Crippen LogP contribution in [0.4, 0.5) is 0 Å². The van der Waals surface area contributed by atoms with Crippen molar-refractivity contribution in [3.63, 3.8) is 0 Å². The number of aryl methyl sites for hydroxylation is 1. The molecule has 8 heteroatoms. The summed E-state index contributed by atoms with van der Waals surface area (Å²) < 4.78 is 1.65. The summed E-state index contributed by atoms with van der Waals surface area (Å²) in [4.78, 5) is 41.0. The molecular formula is C21H24N4O4. The maximum atomic E-state index is 13.5. The van der Waals surface area contributed by atoms with Gasteiger partial charge in [-0.2, -0.15) is 5.10 Å². The topological polar surface area (TPSA) is 95.7 Å². The highest BCUT2D eigenvalue weighted by Gasteiger charge is 2.43. The molecule has 3 heterocycles. The van der Waals surface area contributed by atoms with Gasteiger partial charge in [-0.3, -0.25) is 19.1 Å². The third-order valence-electron chi connectivity index (χ3n) is 6.05. The fourth-order valence-electron chi connectivity index (χ4n) is 4.57. The van der Waals surface area contributed by atoms with Gasteiger partial charge in [0.25, 0.3) is 0 Å². The molecule has 152 valence electrons. The van der Waals surface area contributed by atoms with Gasteiger partial charge in [0.2, 0.25) is 11.8 Å². The molecule has 2 aromatic rings. The van der Waals surface area contributed by atoms with Crippen molar-refractivity contribution in [1.82, 2.24) is 19.6 Å². The van der Waals surface area contributed by atoms with Crippen LogP contribution in [0.2, 0.25) is 0 Å². The number of nitrogens with zero attached hydrogens (tertiary/aromatic N) is 4. The summed E-state index contributed by atoms with van der Waals surface area (Å²) in [6.07, 6.45) is 4.26. The van der Waals surface area contributed by atoms with E-state index in [1.807, 2.05) is 30.5 Å². The quantitative estimate of drug-likeness (QED) is 0.849. The number of hydrogen-bond acceptors (Lipinski definition) is 4. The van der Waals surface area contributed by atoms with Crippen molar-refractivity contribution in [3.05, 3.63) is 53.3 Å². The van der Waals surface area contributed by atoms with Crippen LogP contribution in [-0.2, 0) is 28.0 Å². The molecule has 2 aliphatic rings. The first-order chi connectivity index (χ1) is 13.9. The van der Waals surface area contributed by atoms with E-state index in [0.29, 0.717) is 19.4 Å². The molecule has 0 spiro atoms. The maximum Gasteiger partial charge on any atom is 0.312 e. The lowest BCUT2D eigenvalue weighted by molar-refractivity contribution is -0.148. The number of benzene rings is 1. The fraction of sp³-hybridized carbons (Fsp3) is 0.429. The molecule has 29 heavy (non-hydrogen) atoms. The minimum absolute atomic E-state index is 0.00435. The highest BCUT2D eigenvalue weighted by molar-refractivity contribution is 5.86. The molecule has 1 N–H and O–H groups in total. The molecule has 8 nitrogen and oxygen atoms in total. The van der Waals surface area contributed by atoms with Crippen LogP contribution in [0.5, 0.6) is 0 Å². The molecule has 1 saturated heterocycles. The summed E-state index contributed by atoms with van der Waals surface area (Å²) in [5.41, 5.74) is 2.44. The van der Waals surface area contributed by atoms with Gasteiger partial charge < -0.3 is 14.9 Å². The number of aliphatic carboxylic acids is 1. The number of likely N-dealkylation sites (tertiary alicyclic amines) is 1. The minimum atomic E-state index is -0.935. The highest BCUT2D eigenvalue weighted by atomic mass is 16.4. The van der Waals surface area contributed by atoms with Gasteiger partial charge in [0, 0.05) is 45.4 Å². The molecule has 0 radical (unpaired) electrons. The minimum Gasteiger partial charge on any atom is -0.481 e. The van der Waals surface area contributed by atoms with Gasteiger partial charge in [0.15, 0.2) is 0 Å². The predicted molar refractivity (Wildman–Crippen MR) is 104 cm³/mol. The van der Waals surface area contributed by atoms with Crippen molar-refractivity contribution < 1.29 is 19.5 Å². The smallest absolute Gasteiger partial charge is 0.312 e. The number of carboxylic acids is 1. The summed E-state index contributed by atoms with van der Waals surface area (Å²) in [5.74, 6) is -2.23. The third kappa shape index (κ3) is 3.39. The highest BCUT2D eigenvalue weighted by Crippen LogP contribution is 2.38. The second kappa shape index (κ2) is 7.35. The Morgan fingerprint density at radius 2 is 1.97 bits per heavy atom. The lowest BCUT2D eigenvalue weighted by Crippen LogP contribution is -2.49. The second-order valence-corrected chi connectivity index (χ2v) is 7.85. The van der Waals surface area contributed by atoms with Crippen molar-refractivity contribution in [2.75, 3.05) is 13.6 Å². The Morgan fingerprint density at radius 3 is 2.66 bits per heavy atom. The van der Waals surface area contributed by atoms with Gasteiger partial charge in [-0.15, -0.1) is 0 Å². The number of fused-ring (bicyclic) bond motifs is 1. The van der Waals surface area contributed by atoms with E-state index in [2.05, 4.69) is 5.10 Å². The number of carbonyl (C=O) groups excluding carboxylic acids is 2. The van der Waals surface area contributed by atoms with Crippen LogP contribution < -0.4 is 0 Å². The Morgan fingerprint density at radius 1 is 1.21 bits per heavy atom. The molecule has 1 fully saturated rings. The first-order valence-electron chi connectivity index (χ1n) is 9.70. The number of carboxylic acid groups (broad SMARTS) is 1. The van der Waals surface area contributed by atoms with E-state index in [1.165, 1.54) is 0 Å². The first kappa shape index (κ1) is 19.2. The molecule has 1 aromatic carbocycles. The van der Waals surface area contributed by atoms with Gasteiger partial charge in [-0.25, -0.2) is 0 Å². The molecule has 2 amide bonds. The monoisotopic (exact) mass is 396 g/mol. The summed E-state index contributed by atoms with van der Waals surface area (Å²) >= 11 is 0. The number of carbonyl (C=O) groups is 3. The van der Waals surface area contributed by atoms with E-state index in [0.717, 1.165) is 16.7 Å². The van der Waals surface area contributed by atoms with E-state index < -0.39 is 23.8 Å². The van der Waals surface area contributed by atoms with Crippen LogP contribution in [0.15, 0.2) is 36.7 Å². The second-order valence-electron chi connectivity index (χ2n) is 7.85. The molecule has 0 bridgehead atoms. The SMILES string of the molecule is CN1C(=O)CCC(C(=O)N2Cc3ccccc3C(C(=O)O)C2)C1c1cnn(C)c1. The predicted octanol–water partition coefficient (Wildman–Crippen LogP) is 1.54. The van der Waals surface area contributed by atoms with E-state index >= 15 is 0 Å². The van der Waals surface area contributed by atoms with E-state index in [-0.39, 0.29) is 18.4 Å². The molecule has 4 rings (SSSR count). The number of piperidine rings is 1. The van der Waals surface area contributed by atoms with Crippen molar-refractivity contribution >= 4 is 17.8 Å². The van der Waals surface area contributed by atoms with Crippen LogP contribution >= 0.6 is 0 Å². The molecule has 0 saturated carbocycles. The van der Waals surface area contributed by atoms with Gasteiger partial charge in [-0.05, 0) is 17.5 Å². The van der Waals surface area contributed by atoms with Crippen LogP contribution in [0.25, 0.3) is 0 Å². The van der Waals surface area contributed by atoms with Gasteiger partial charge >= 0.3 is 5.97 Å². The van der Waals surface area contributed by atoms with Crippen molar-refractivity contribution in [3.8, 4) is 0 Å². The van der Waals surface area contributed by atoms with Crippen molar-refractivity contribution in [1.29, 1.82) is 0 Å². The average Bonchev–Trinajstić information content (AvgIpc) is 3.14. The number of rotatable bonds is 3. The first-order valence-corrected chi connectivity index (χ1v) is 9.70. The van der Waals surface area contributed by atoms with Gasteiger partial charge in [0.1, 0.15) is 0 Å². The summed E-state index contributed by atoms with van der Waals surface area (Å²) in [6.45, 7) is 0.520. The largest absolute Gasteiger partial charge is 0.481 e. The lowest BCUT2D eigenvalue weighted by atomic mass is 9.83. The molecule has 1 aromatic heterocycles. The Labute approximate surface area is 168 Å². The number of aromatic nitrogens is 2. The van der Waals surface area contributed by atoms with Crippen LogP contribution in [-0.4, -0.2) is 56.1 Å². The van der Waals surface area contributed by atoms with E-state index in [4.69, 9.17) is 0 Å². The molecule has 3 unspecified atom stereocenters. The Balaban J connectivity index is 1.65. The number of hydrogen-bond donors (Lipinski definition) is 1. The van der Waals surface area contributed by atoms with Gasteiger partial charge in [-0.1, -0.05) is 24.3 Å². The molecule has 2 aliphatic heterocycles. The fourth-order valence-corrected chi connectivity index (χ4v) is 4.57. The lowest BCUT2D eigenvalue weighted by Gasteiger charge is -2.41. The van der Waals surface area contributed by atoms with Crippen molar-refractivity contribution in [2.45, 2.75) is 31.3 Å². The third-order valence-corrected chi connectivity index (χ3v) is 6.05. The summed E-state index contributed by atoms with van der Waals surface area (Å²) in [7, 11) is 3.51. The Bertz CT molecular complexity index is 969. The zero-order valence-corrected chi connectivity index (χ0v) is 16.5. The van der Waals surface area contributed by atoms with E-state index in [9.17, 15) is 19.5 Å². The zero-order chi connectivity index (χ0) is 20.7. The maximum absolute atomic E-state index is 13.5. The molecule has 0 aliphatic carbocycles. The molecular weight excluding hydrogens is 372 g/mol. The molecule has 3 atom stereocenters. The standard InChI is InChI=1S/C21H24N4O4/c1-23-10-14(9-22-23)19-16(7-8-18(26)24(19)2)20(27)25-11-13-5-3-4-6-15(13)17(12-25)21(28)29/h3-6,9-10,16-17,19H,7-8,11-12H2,1-2H3,(H,28,29). The normalized spacial score (nSPS) is 24.3. The summed E-state index contributed by atoms with van der Waals surface area (Å²) in [6, 6.07) is 6.98. The zero-order valence-electron chi connectivity index (χ0n) is 16.5. The van der Waals surface area contributed by atoms with Crippen molar-refractivity contribution in [2.24, 2.45) is 13.0 Å². The Hall–Kier alpha value is -3.16. The number of amides is 2. The van der Waals surface area contributed by atoms with E-state index in [1.54, 1.807) is 34.8 Å². The van der Waals surface area contributed by atoms with Crippen LogP contribution in [0.1, 0.15) is 41.5 Å². The van der Waals surface area contributed by atoms with Gasteiger partial charge in [0.05, 0.1) is 24.1 Å².